The molecule has 0 saturated heterocycles. The molecule has 0 unspecified atom stereocenters. The number of aryl methyl sites for hydroxylation is 2. The summed E-state index contributed by atoms with van der Waals surface area (Å²) in [4.78, 5) is 15.6. The second kappa shape index (κ2) is 6.49. The highest BCUT2D eigenvalue weighted by molar-refractivity contribution is 5.76. The molecule has 1 amide bonds. The maximum Gasteiger partial charge on any atom is 0.227 e. The molecular formula is C12H21N3O3. The highest BCUT2D eigenvalue weighted by atomic mass is 16.5. The monoisotopic (exact) mass is 255 g/mol. The van der Waals surface area contributed by atoms with Crippen LogP contribution in [0.4, 0.5) is 0 Å². The molecular weight excluding hydrogens is 234 g/mol. The number of aromatic nitrogens is 2. The average Bonchev–Trinajstić information content (AvgIpc) is 2.79. The van der Waals surface area contributed by atoms with Crippen LogP contribution in [0.3, 0.4) is 0 Å². The van der Waals surface area contributed by atoms with Crippen LogP contribution in [0.15, 0.2) is 4.52 Å². The molecule has 0 bridgehead atoms. The van der Waals surface area contributed by atoms with E-state index in [2.05, 4.69) is 15.5 Å². The van der Waals surface area contributed by atoms with E-state index >= 15 is 0 Å². The average molecular weight is 255 g/mol. The standard InChI is InChI=1S/C12H21N3O3/c1-4-12(17,5-2)8-13-10(16)6-7-11-14-9(3)15-18-11/h17H,4-8H2,1-3H3,(H,13,16). The summed E-state index contributed by atoms with van der Waals surface area (Å²) in [5.41, 5.74) is -0.809. The van der Waals surface area contributed by atoms with Crippen molar-refractivity contribution in [2.24, 2.45) is 0 Å². The number of rotatable bonds is 7. The predicted octanol–water partition coefficient (Wildman–Crippen LogP) is 0.978. The normalized spacial score (nSPS) is 11.6. The van der Waals surface area contributed by atoms with Crippen molar-refractivity contribution in [1.82, 2.24) is 15.5 Å². The lowest BCUT2D eigenvalue weighted by Gasteiger charge is -2.25. The van der Waals surface area contributed by atoms with Gasteiger partial charge in [0.05, 0.1) is 5.60 Å². The van der Waals surface area contributed by atoms with Crippen molar-refractivity contribution in [3.05, 3.63) is 11.7 Å². The molecule has 0 aliphatic rings. The van der Waals surface area contributed by atoms with Crippen LogP contribution < -0.4 is 5.32 Å². The Morgan fingerprint density at radius 3 is 2.61 bits per heavy atom. The van der Waals surface area contributed by atoms with Crippen LogP contribution in [0.5, 0.6) is 0 Å². The first-order valence-electron chi connectivity index (χ1n) is 6.27. The Kier molecular flexibility index (Phi) is 5.27. The number of hydrogen-bond acceptors (Lipinski definition) is 5. The van der Waals surface area contributed by atoms with Gasteiger partial charge < -0.3 is 14.9 Å². The van der Waals surface area contributed by atoms with Crippen LogP contribution >= 0.6 is 0 Å². The molecule has 1 aromatic rings. The van der Waals surface area contributed by atoms with E-state index < -0.39 is 5.60 Å². The summed E-state index contributed by atoms with van der Waals surface area (Å²) in [5.74, 6) is 0.909. The molecule has 1 aromatic heterocycles. The van der Waals surface area contributed by atoms with Gasteiger partial charge in [0.1, 0.15) is 0 Å². The first-order valence-corrected chi connectivity index (χ1v) is 6.27. The van der Waals surface area contributed by atoms with Crippen molar-refractivity contribution in [3.63, 3.8) is 0 Å². The van der Waals surface area contributed by atoms with Crippen molar-refractivity contribution in [2.45, 2.75) is 52.1 Å². The molecule has 102 valence electrons. The third-order valence-electron chi connectivity index (χ3n) is 3.07. The van der Waals surface area contributed by atoms with Gasteiger partial charge in [-0.05, 0) is 19.8 Å². The Labute approximate surface area is 107 Å². The lowest BCUT2D eigenvalue weighted by atomic mass is 9.97. The first-order chi connectivity index (χ1) is 8.49. The summed E-state index contributed by atoms with van der Waals surface area (Å²) < 4.78 is 4.91. The minimum atomic E-state index is -0.809. The molecule has 1 rings (SSSR count). The van der Waals surface area contributed by atoms with Crippen LogP contribution in [0.1, 0.15) is 44.8 Å². The van der Waals surface area contributed by atoms with Gasteiger partial charge in [-0.15, -0.1) is 0 Å². The molecule has 0 fully saturated rings. The van der Waals surface area contributed by atoms with Crippen LogP contribution in [-0.4, -0.2) is 33.3 Å². The van der Waals surface area contributed by atoms with Crippen molar-refractivity contribution < 1.29 is 14.4 Å². The molecule has 0 saturated carbocycles. The SMILES string of the molecule is CCC(O)(CC)CNC(=O)CCc1nc(C)no1. The topological polar surface area (TPSA) is 88.2 Å². The summed E-state index contributed by atoms with van der Waals surface area (Å²) in [5, 5.41) is 16.4. The molecule has 0 aromatic carbocycles. The van der Waals surface area contributed by atoms with Crippen molar-refractivity contribution in [2.75, 3.05) is 6.54 Å². The molecule has 0 radical (unpaired) electrons. The Morgan fingerprint density at radius 2 is 2.11 bits per heavy atom. The minimum Gasteiger partial charge on any atom is -0.388 e. The van der Waals surface area contributed by atoms with Crippen LogP contribution in [0.2, 0.25) is 0 Å². The number of nitrogens with one attached hydrogen (secondary N) is 1. The third kappa shape index (κ3) is 4.44. The zero-order valence-corrected chi connectivity index (χ0v) is 11.2. The Balaban J connectivity index is 2.30. The van der Waals surface area contributed by atoms with Gasteiger partial charge in [-0.25, -0.2) is 0 Å². The van der Waals surface area contributed by atoms with Gasteiger partial charge in [0.15, 0.2) is 5.82 Å². The van der Waals surface area contributed by atoms with Gasteiger partial charge in [-0.2, -0.15) is 4.98 Å². The van der Waals surface area contributed by atoms with Gasteiger partial charge in [0, 0.05) is 19.4 Å². The quantitative estimate of drug-likeness (QED) is 0.758. The van der Waals surface area contributed by atoms with E-state index in [1.807, 2.05) is 13.8 Å². The van der Waals surface area contributed by atoms with E-state index in [9.17, 15) is 9.90 Å². The fourth-order valence-electron chi connectivity index (χ4n) is 1.51. The molecule has 0 atom stereocenters. The van der Waals surface area contributed by atoms with Gasteiger partial charge in [0.2, 0.25) is 11.8 Å². The maximum absolute atomic E-state index is 11.6. The summed E-state index contributed by atoms with van der Waals surface area (Å²) in [6, 6.07) is 0. The van der Waals surface area contributed by atoms with Crippen molar-refractivity contribution in [1.29, 1.82) is 0 Å². The zero-order valence-electron chi connectivity index (χ0n) is 11.2. The Morgan fingerprint density at radius 1 is 1.44 bits per heavy atom. The lowest BCUT2D eigenvalue weighted by Crippen LogP contribution is -2.42. The van der Waals surface area contributed by atoms with E-state index in [1.54, 1.807) is 6.92 Å². The smallest absolute Gasteiger partial charge is 0.227 e. The van der Waals surface area contributed by atoms with E-state index in [-0.39, 0.29) is 18.9 Å². The van der Waals surface area contributed by atoms with Crippen LogP contribution in [0, 0.1) is 6.92 Å². The van der Waals surface area contributed by atoms with Gasteiger partial charge in [0.25, 0.3) is 0 Å². The van der Waals surface area contributed by atoms with E-state index in [1.165, 1.54) is 0 Å². The third-order valence-corrected chi connectivity index (χ3v) is 3.07. The number of carbonyl (C=O) groups excluding carboxylic acids is 1. The van der Waals surface area contributed by atoms with Crippen LogP contribution in [0.25, 0.3) is 0 Å². The molecule has 0 spiro atoms. The summed E-state index contributed by atoms with van der Waals surface area (Å²) in [6.45, 7) is 5.81. The summed E-state index contributed by atoms with van der Waals surface area (Å²) >= 11 is 0. The minimum absolute atomic E-state index is 0.119. The van der Waals surface area contributed by atoms with E-state index in [0.717, 1.165) is 0 Å². The molecule has 18 heavy (non-hydrogen) atoms. The second-order valence-electron chi connectivity index (χ2n) is 4.44. The molecule has 0 aliphatic carbocycles. The van der Waals surface area contributed by atoms with Gasteiger partial charge in [-0.1, -0.05) is 19.0 Å². The highest BCUT2D eigenvalue weighted by Gasteiger charge is 2.22. The number of aliphatic hydroxyl groups is 1. The number of amides is 1. The van der Waals surface area contributed by atoms with Gasteiger partial charge >= 0.3 is 0 Å². The fourth-order valence-corrected chi connectivity index (χ4v) is 1.51. The second-order valence-corrected chi connectivity index (χ2v) is 4.44. The molecule has 0 aliphatic heterocycles. The van der Waals surface area contributed by atoms with Crippen molar-refractivity contribution in [3.8, 4) is 0 Å². The largest absolute Gasteiger partial charge is 0.388 e. The summed E-state index contributed by atoms with van der Waals surface area (Å²) in [7, 11) is 0. The Bertz CT molecular complexity index is 386. The number of carbonyl (C=O) groups is 1. The van der Waals surface area contributed by atoms with Crippen molar-refractivity contribution >= 4 is 5.91 Å². The zero-order chi connectivity index (χ0) is 13.6. The van der Waals surface area contributed by atoms with E-state index in [4.69, 9.17) is 4.52 Å². The highest BCUT2D eigenvalue weighted by Crippen LogP contribution is 2.12. The lowest BCUT2D eigenvalue weighted by molar-refractivity contribution is -0.122. The molecule has 6 nitrogen and oxygen atoms in total. The predicted molar refractivity (Wildman–Crippen MR) is 65.9 cm³/mol. The first kappa shape index (κ1) is 14.6. The van der Waals surface area contributed by atoms with Crippen LogP contribution in [-0.2, 0) is 11.2 Å². The molecule has 6 heteroatoms. The molecule has 2 N–H and O–H groups in total. The number of hydrogen-bond donors (Lipinski definition) is 2. The molecule has 1 heterocycles. The van der Waals surface area contributed by atoms with E-state index in [0.29, 0.717) is 31.0 Å². The fraction of sp³-hybridized carbons (Fsp3) is 0.750. The Hall–Kier alpha value is -1.43. The van der Waals surface area contributed by atoms with Gasteiger partial charge in [-0.3, -0.25) is 4.79 Å². The maximum atomic E-state index is 11.6. The number of nitrogens with zero attached hydrogens (tertiary/aromatic N) is 2. The summed E-state index contributed by atoms with van der Waals surface area (Å²) in [6.07, 6.45) is 1.94.